The molecule has 1 nitrogen and oxygen atoms in total. The molecule has 0 rings (SSSR count). The Bertz CT molecular complexity index is 81.0. The smallest absolute Gasteiger partial charge is 0.129 e. The second-order valence-corrected chi connectivity index (χ2v) is 2.01. The number of hydrogen-bond donors (Lipinski definition) is 0. The molecule has 8 heavy (non-hydrogen) atoms. The lowest BCUT2D eigenvalue weighted by molar-refractivity contribution is -0.117. The Kier molecular flexibility index (Phi) is 3.49. The third-order valence-corrected chi connectivity index (χ3v) is 1.03. The van der Waals surface area contributed by atoms with Gasteiger partial charge < -0.3 is 4.79 Å². The second kappa shape index (κ2) is 4.82. The number of carbonyl (C=O) groups is 1. The zero-order chi connectivity index (χ0) is 7.11. The molecular formula is C7H14O. The van der Waals surface area contributed by atoms with E-state index in [0.29, 0.717) is 13.3 Å². The maximum absolute atomic E-state index is 10.4. The highest BCUT2D eigenvalue weighted by Crippen LogP contribution is 1.98. The zero-order valence-corrected chi connectivity index (χ0v) is 5.44. The van der Waals surface area contributed by atoms with Gasteiger partial charge in [0.1, 0.15) is 5.78 Å². The van der Waals surface area contributed by atoms with Crippen LogP contribution in [0.1, 0.15) is 40.9 Å². The van der Waals surface area contributed by atoms with Gasteiger partial charge in [-0.1, -0.05) is 19.7 Å². The molecule has 0 saturated heterocycles. The highest BCUT2D eigenvalue weighted by molar-refractivity contribution is 5.75. The SMILES string of the molecule is [3H]CCCCCC(C)=O. The van der Waals surface area contributed by atoms with Crippen molar-refractivity contribution in [3.05, 3.63) is 0 Å². The molecule has 0 aliphatic carbocycles. The minimum atomic E-state index is 0.264. The fourth-order valence-corrected chi connectivity index (χ4v) is 0.551. The number of carbonyl (C=O) groups excluding carboxylic acids is 1. The second-order valence-electron chi connectivity index (χ2n) is 2.01. The maximum atomic E-state index is 10.4. The summed E-state index contributed by atoms with van der Waals surface area (Å²) in [5, 5.41) is 0. The molecule has 0 spiro atoms. The number of rotatable bonds is 4. The Hall–Kier alpha value is -0.330. The van der Waals surface area contributed by atoms with Gasteiger partial charge in [-0.3, -0.25) is 0 Å². The largest absolute Gasteiger partial charge is 0.300 e. The van der Waals surface area contributed by atoms with Gasteiger partial charge in [0.2, 0.25) is 0 Å². The van der Waals surface area contributed by atoms with Gasteiger partial charge in [0.05, 0.1) is 0 Å². The number of Topliss-reactive ketones (excluding diaryl/α,β-unsaturated/α-hetero) is 1. The standard InChI is InChI=1S/C7H14O/c1-3-4-5-6-7(2)8/h3-6H2,1-2H3/i1T. The summed E-state index contributed by atoms with van der Waals surface area (Å²) in [6, 6.07) is 0. The monoisotopic (exact) mass is 116 g/mol. The molecule has 0 aromatic carbocycles. The molecule has 0 N–H and O–H groups in total. The number of hydrogen-bond acceptors (Lipinski definition) is 1. The summed E-state index contributed by atoms with van der Waals surface area (Å²) in [5.74, 6) is 0.264. The minimum Gasteiger partial charge on any atom is -0.300 e. The lowest BCUT2D eigenvalue weighted by Crippen LogP contribution is -1.87. The van der Waals surface area contributed by atoms with Crippen molar-refractivity contribution in [1.82, 2.24) is 0 Å². The average Bonchev–Trinajstić information content (AvgIpc) is 1.80. The van der Waals surface area contributed by atoms with E-state index in [2.05, 4.69) is 0 Å². The molecule has 0 radical (unpaired) electrons. The molecule has 0 aromatic rings. The highest BCUT2D eigenvalue weighted by atomic mass is 16.1. The van der Waals surface area contributed by atoms with Crippen LogP contribution >= 0.6 is 0 Å². The van der Waals surface area contributed by atoms with E-state index in [1.54, 1.807) is 6.92 Å². The first-order chi connectivity index (χ1) is 4.27. The molecule has 0 fully saturated rings. The molecule has 0 aliphatic heterocycles. The fourth-order valence-electron chi connectivity index (χ4n) is 0.551. The summed E-state index contributed by atoms with van der Waals surface area (Å²) in [5.41, 5.74) is 0. The van der Waals surface area contributed by atoms with Crippen molar-refractivity contribution < 1.29 is 6.17 Å². The van der Waals surface area contributed by atoms with Crippen LogP contribution in [0.3, 0.4) is 0 Å². The van der Waals surface area contributed by atoms with E-state index in [9.17, 15) is 4.79 Å². The molecule has 0 heterocycles. The van der Waals surface area contributed by atoms with Gasteiger partial charge in [-0.15, -0.1) is 0 Å². The zero-order valence-electron chi connectivity index (χ0n) is 6.44. The van der Waals surface area contributed by atoms with Crippen LogP contribution in [0.2, 0.25) is 0 Å². The van der Waals surface area contributed by atoms with Crippen LogP contribution < -0.4 is 0 Å². The molecule has 48 valence electrons. The summed E-state index contributed by atoms with van der Waals surface area (Å²) >= 11 is 0. The van der Waals surface area contributed by atoms with Crippen molar-refractivity contribution in [3.8, 4) is 0 Å². The molecular weight excluding hydrogens is 100 g/mol. The van der Waals surface area contributed by atoms with Crippen LogP contribution in [-0.2, 0) is 4.79 Å². The summed E-state index contributed by atoms with van der Waals surface area (Å²) in [6.07, 6.45) is 3.63. The van der Waals surface area contributed by atoms with Gasteiger partial charge in [0.15, 0.2) is 0 Å². The molecule has 0 aromatic heterocycles. The van der Waals surface area contributed by atoms with Crippen LogP contribution in [0.4, 0.5) is 0 Å². The Morgan fingerprint density at radius 1 is 1.62 bits per heavy atom. The molecule has 0 bridgehead atoms. The molecule has 0 amide bonds. The third-order valence-electron chi connectivity index (χ3n) is 1.03. The normalized spacial score (nSPS) is 10.9. The first kappa shape index (κ1) is 5.80. The molecule has 0 atom stereocenters. The lowest BCUT2D eigenvalue weighted by atomic mass is 10.2. The first-order valence-corrected chi connectivity index (χ1v) is 3.06. The van der Waals surface area contributed by atoms with E-state index in [-0.39, 0.29) is 5.78 Å². The lowest BCUT2D eigenvalue weighted by Gasteiger charge is -1.90. The Balaban J connectivity index is 2.83. The van der Waals surface area contributed by atoms with Crippen LogP contribution in [0.15, 0.2) is 0 Å². The Morgan fingerprint density at radius 2 is 2.38 bits per heavy atom. The van der Waals surface area contributed by atoms with Crippen molar-refractivity contribution in [2.24, 2.45) is 0 Å². The summed E-state index contributed by atoms with van der Waals surface area (Å²) in [7, 11) is 0. The topological polar surface area (TPSA) is 17.1 Å². The van der Waals surface area contributed by atoms with Gasteiger partial charge in [0, 0.05) is 7.79 Å². The van der Waals surface area contributed by atoms with Gasteiger partial charge in [-0.25, -0.2) is 0 Å². The van der Waals surface area contributed by atoms with E-state index < -0.39 is 0 Å². The predicted molar refractivity (Wildman–Crippen MR) is 34.8 cm³/mol. The van der Waals surface area contributed by atoms with E-state index in [1.807, 2.05) is 0 Å². The quantitative estimate of drug-likeness (QED) is 0.514. The van der Waals surface area contributed by atoms with Crippen molar-refractivity contribution in [2.75, 3.05) is 0 Å². The van der Waals surface area contributed by atoms with E-state index in [0.717, 1.165) is 19.3 Å². The van der Waals surface area contributed by atoms with Gasteiger partial charge in [-0.2, -0.15) is 0 Å². The minimum absolute atomic E-state index is 0.264. The van der Waals surface area contributed by atoms with Crippen LogP contribution in [0.25, 0.3) is 0 Å². The fraction of sp³-hybridized carbons (Fsp3) is 0.857. The number of ketones is 1. The van der Waals surface area contributed by atoms with Crippen molar-refractivity contribution in [2.45, 2.75) is 39.5 Å². The van der Waals surface area contributed by atoms with Crippen molar-refractivity contribution in [1.29, 1.82) is 0 Å². The summed E-state index contributed by atoms with van der Waals surface area (Å²) in [4.78, 5) is 10.4. The predicted octanol–water partition coefficient (Wildman–Crippen LogP) is 2.16. The molecule has 0 aliphatic rings. The summed E-state index contributed by atoms with van der Waals surface area (Å²) < 4.78 is 6.80. The van der Waals surface area contributed by atoms with Gasteiger partial charge in [0.25, 0.3) is 0 Å². The van der Waals surface area contributed by atoms with Gasteiger partial charge in [-0.05, 0) is 13.3 Å². The van der Waals surface area contributed by atoms with Crippen molar-refractivity contribution in [3.63, 3.8) is 0 Å². The van der Waals surface area contributed by atoms with E-state index in [4.69, 9.17) is 1.37 Å². The summed E-state index contributed by atoms with van der Waals surface area (Å²) in [6.45, 7) is 2.11. The third kappa shape index (κ3) is 5.67. The van der Waals surface area contributed by atoms with Crippen molar-refractivity contribution >= 4 is 5.78 Å². The number of unbranched alkanes of at least 4 members (excludes halogenated alkanes) is 2. The van der Waals surface area contributed by atoms with Crippen LogP contribution in [-0.4, -0.2) is 5.78 Å². The van der Waals surface area contributed by atoms with E-state index >= 15 is 0 Å². The average molecular weight is 116 g/mol. The van der Waals surface area contributed by atoms with E-state index in [1.165, 1.54) is 0 Å². The molecule has 1 heteroatoms. The maximum Gasteiger partial charge on any atom is 0.129 e. The first-order valence-electron chi connectivity index (χ1n) is 3.76. The highest BCUT2D eigenvalue weighted by Gasteiger charge is 1.89. The molecule has 0 saturated carbocycles. The van der Waals surface area contributed by atoms with Gasteiger partial charge >= 0.3 is 0 Å². The molecule has 0 unspecified atom stereocenters. The Morgan fingerprint density at radius 3 is 2.88 bits per heavy atom. The van der Waals surface area contributed by atoms with Crippen LogP contribution in [0.5, 0.6) is 0 Å². The Labute approximate surface area is 52.5 Å². The van der Waals surface area contributed by atoms with Crippen LogP contribution in [0, 0.1) is 0 Å².